The summed E-state index contributed by atoms with van der Waals surface area (Å²) in [6.45, 7) is 1.59. The minimum Gasteiger partial charge on any atom is -0.480 e. The van der Waals surface area contributed by atoms with Crippen LogP contribution in [-0.2, 0) is 9.59 Å². The van der Waals surface area contributed by atoms with Crippen molar-refractivity contribution in [3.63, 3.8) is 0 Å². The molecule has 24 heavy (non-hydrogen) atoms. The molecule has 1 aliphatic carbocycles. The van der Waals surface area contributed by atoms with Gasteiger partial charge in [0.05, 0.1) is 11.3 Å². The highest BCUT2D eigenvalue weighted by molar-refractivity contribution is 6.05. The molecule has 0 spiro atoms. The van der Waals surface area contributed by atoms with Gasteiger partial charge in [-0.05, 0) is 31.9 Å². The fourth-order valence-corrected chi connectivity index (χ4v) is 3.24. The van der Waals surface area contributed by atoms with Gasteiger partial charge < -0.3 is 20.5 Å². The minimum atomic E-state index is -1.23. The maximum Gasteiger partial charge on any atom is 0.329 e. The molecule has 7 nitrogen and oxygen atoms in total. The van der Waals surface area contributed by atoms with Crippen LogP contribution in [0.25, 0.3) is 0 Å². The van der Waals surface area contributed by atoms with Gasteiger partial charge in [-0.25, -0.2) is 4.79 Å². The van der Waals surface area contributed by atoms with Crippen molar-refractivity contribution in [1.29, 1.82) is 0 Å². The van der Waals surface area contributed by atoms with E-state index in [0.29, 0.717) is 18.5 Å². The Bertz CT molecular complexity index is 694. The van der Waals surface area contributed by atoms with E-state index >= 15 is 0 Å². The highest BCUT2D eigenvalue weighted by atomic mass is 16.5. The van der Waals surface area contributed by atoms with Crippen molar-refractivity contribution in [2.75, 3.05) is 5.32 Å². The van der Waals surface area contributed by atoms with E-state index < -0.39 is 23.5 Å². The molecule has 0 saturated heterocycles. The molecule has 1 fully saturated rings. The molecule has 1 saturated carbocycles. The summed E-state index contributed by atoms with van der Waals surface area (Å²) in [5.74, 6) is -1.52. The number of hydrogen-bond acceptors (Lipinski definition) is 4. The number of ether oxygens (including phenoxy) is 1. The summed E-state index contributed by atoms with van der Waals surface area (Å²) in [5.41, 5.74) is -0.592. The zero-order valence-corrected chi connectivity index (χ0v) is 13.4. The number of hydrogen-bond donors (Lipinski definition) is 3. The first kappa shape index (κ1) is 16.3. The third-order valence-electron chi connectivity index (χ3n) is 4.65. The summed E-state index contributed by atoms with van der Waals surface area (Å²) in [7, 11) is 0. The number of anilines is 1. The molecular formula is C17H20N2O5. The number of aliphatic carboxylic acids is 1. The summed E-state index contributed by atoms with van der Waals surface area (Å²) >= 11 is 0. The molecule has 1 heterocycles. The highest BCUT2D eigenvalue weighted by Crippen LogP contribution is 2.35. The van der Waals surface area contributed by atoms with Crippen molar-refractivity contribution in [3.8, 4) is 5.75 Å². The lowest BCUT2D eigenvalue weighted by Gasteiger charge is -2.34. The largest absolute Gasteiger partial charge is 0.480 e. The topological polar surface area (TPSA) is 105 Å². The van der Waals surface area contributed by atoms with Gasteiger partial charge in [0, 0.05) is 0 Å². The van der Waals surface area contributed by atoms with Crippen LogP contribution in [0.4, 0.5) is 5.69 Å². The smallest absolute Gasteiger partial charge is 0.329 e. The molecule has 1 aromatic rings. The van der Waals surface area contributed by atoms with Crippen molar-refractivity contribution in [2.45, 2.75) is 50.7 Å². The lowest BCUT2D eigenvalue weighted by molar-refractivity contribution is -0.145. The Hall–Kier alpha value is -2.57. The minimum absolute atomic E-state index is 0.227. The van der Waals surface area contributed by atoms with E-state index in [1.807, 2.05) is 0 Å². The van der Waals surface area contributed by atoms with Gasteiger partial charge in [0.25, 0.3) is 11.8 Å². The summed E-state index contributed by atoms with van der Waals surface area (Å²) in [4.78, 5) is 36.1. The van der Waals surface area contributed by atoms with Crippen LogP contribution in [-0.4, -0.2) is 34.5 Å². The number of nitrogens with one attached hydrogen (secondary N) is 2. The van der Waals surface area contributed by atoms with Crippen LogP contribution in [0.3, 0.4) is 0 Å². The zero-order valence-electron chi connectivity index (χ0n) is 13.4. The fourth-order valence-electron chi connectivity index (χ4n) is 3.24. The first-order chi connectivity index (χ1) is 11.4. The van der Waals surface area contributed by atoms with Gasteiger partial charge in [-0.1, -0.05) is 25.3 Å². The van der Waals surface area contributed by atoms with E-state index in [-0.39, 0.29) is 17.2 Å². The molecule has 1 aliphatic heterocycles. The van der Waals surface area contributed by atoms with Crippen molar-refractivity contribution >= 4 is 23.5 Å². The molecule has 0 aromatic heterocycles. The number of rotatable bonds is 3. The van der Waals surface area contributed by atoms with Gasteiger partial charge in [0.1, 0.15) is 5.54 Å². The number of carbonyl (C=O) groups is 3. The van der Waals surface area contributed by atoms with E-state index in [1.165, 1.54) is 0 Å². The summed E-state index contributed by atoms with van der Waals surface area (Å²) in [6, 6.07) is 4.84. The Morgan fingerprint density at radius 2 is 2.00 bits per heavy atom. The van der Waals surface area contributed by atoms with Crippen LogP contribution in [0.1, 0.15) is 49.4 Å². The molecule has 1 atom stereocenters. The number of carboxylic acid groups (broad SMARTS) is 1. The number of fused-ring (bicyclic) bond motifs is 1. The van der Waals surface area contributed by atoms with Crippen molar-refractivity contribution in [2.24, 2.45) is 0 Å². The fraction of sp³-hybridized carbons (Fsp3) is 0.471. The molecule has 2 amide bonds. The second-order valence-corrected chi connectivity index (χ2v) is 6.33. The number of amides is 2. The van der Waals surface area contributed by atoms with Gasteiger partial charge in [-0.15, -0.1) is 0 Å². The van der Waals surface area contributed by atoms with Crippen LogP contribution < -0.4 is 15.4 Å². The monoisotopic (exact) mass is 332 g/mol. The van der Waals surface area contributed by atoms with Crippen LogP contribution in [0, 0.1) is 0 Å². The van der Waals surface area contributed by atoms with E-state index in [1.54, 1.807) is 25.1 Å². The van der Waals surface area contributed by atoms with E-state index in [2.05, 4.69) is 10.6 Å². The molecule has 0 radical (unpaired) electrons. The average Bonchev–Trinajstić information content (AvgIpc) is 2.56. The molecule has 1 aromatic carbocycles. The Balaban J connectivity index is 1.89. The predicted octanol–water partition coefficient (Wildman–Crippen LogP) is 1.92. The molecule has 2 aliphatic rings. The summed E-state index contributed by atoms with van der Waals surface area (Å²) in [5, 5.41) is 15.0. The third-order valence-corrected chi connectivity index (χ3v) is 4.65. The number of carbonyl (C=O) groups excluding carboxylic acids is 2. The lowest BCUT2D eigenvalue weighted by Crippen LogP contribution is -2.55. The molecule has 1 unspecified atom stereocenters. The first-order valence-corrected chi connectivity index (χ1v) is 8.09. The second kappa shape index (κ2) is 6.14. The Morgan fingerprint density at radius 1 is 1.29 bits per heavy atom. The highest BCUT2D eigenvalue weighted by Gasteiger charge is 2.41. The molecule has 128 valence electrons. The van der Waals surface area contributed by atoms with E-state index in [4.69, 9.17) is 4.74 Å². The van der Waals surface area contributed by atoms with Crippen molar-refractivity contribution in [1.82, 2.24) is 5.32 Å². The number of carboxylic acids is 1. The first-order valence-electron chi connectivity index (χ1n) is 8.09. The molecule has 7 heteroatoms. The Kier molecular flexibility index (Phi) is 4.17. The van der Waals surface area contributed by atoms with Gasteiger partial charge in [0.2, 0.25) is 0 Å². The van der Waals surface area contributed by atoms with Gasteiger partial charge in [-0.3, -0.25) is 9.59 Å². The molecule has 3 rings (SSSR count). The van der Waals surface area contributed by atoms with E-state index in [9.17, 15) is 19.5 Å². The Labute approximate surface area is 139 Å². The lowest BCUT2D eigenvalue weighted by atomic mass is 9.81. The molecular weight excluding hydrogens is 312 g/mol. The van der Waals surface area contributed by atoms with Crippen molar-refractivity contribution in [3.05, 3.63) is 23.8 Å². The SMILES string of the molecule is CC1Oc2c(cccc2C(=O)NC2(C(=O)O)CCCCC2)NC1=O. The van der Waals surface area contributed by atoms with Crippen molar-refractivity contribution < 1.29 is 24.2 Å². The quantitative estimate of drug-likeness (QED) is 0.784. The number of para-hydroxylation sites is 1. The van der Waals surface area contributed by atoms with Crippen LogP contribution >= 0.6 is 0 Å². The summed E-state index contributed by atoms with van der Waals surface area (Å²) in [6.07, 6.45) is 2.62. The van der Waals surface area contributed by atoms with Gasteiger partial charge in [-0.2, -0.15) is 0 Å². The zero-order chi connectivity index (χ0) is 17.3. The maximum absolute atomic E-state index is 12.7. The van der Waals surface area contributed by atoms with Gasteiger partial charge >= 0.3 is 5.97 Å². The second-order valence-electron chi connectivity index (χ2n) is 6.33. The summed E-state index contributed by atoms with van der Waals surface area (Å²) < 4.78 is 5.56. The average molecular weight is 332 g/mol. The van der Waals surface area contributed by atoms with Crippen LogP contribution in [0.2, 0.25) is 0 Å². The normalized spacial score (nSPS) is 21.9. The Morgan fingerprint density at radius 3 is 2.67 bits per heavy atom. The van der Waals surface area contributed by atoms with E-state index in [0.717, 1.165) is 19.3 Å². The molecule has 0 bridgehead atoms. The molecule has 3 N–H and O–H groups in total. The third kappa shape index (κ3) is 2.81. The van der Waals surface area contributed by atoms with Gasteiger partial charge in [0.15, 0.2) is 11.9 Å². The predicted molar refractivity (Wildman–Crippen MR) is 86.1 cm³/mol. The standard InChI is InChI=1S/C17H20N2O5/c1-10-14(20)18-12-7-5-6-11(13(12)24-10)15(21)19-17(16(22)23)8-3-2-4-9-17/h5-7,10H,2-4,8-9H2,1H3,(H,18,20)(H,19,21)(H,22,23). The maximum atomic E-state index is 12.7. The van der Waals surface area contributed by atoms with Crippen LogP contribution in [0.15, 0.2) is 18.2 Å². The van der Waals surface area contributed by atoms with Crippen LogP contribution in [0.5, 0.6) is 5.75 Å². The number of benzene rings is 1.